The molecule has 1 aromatic carbocycles. The number of hydrogen-bond donors (Lipinski definition) is 1. The van der Waals surface area contributed by atoms with Gasteiger partial charge in [-0.15, -0.1) is 0 Å². The maximum atomic E-state index is 3.18. The van der Waals surface area contributed by atoms with Gasteiger partial charge in [0.1, 0.15) is 0 Å². The second-order valence-electron chi connectivity index (χ2n) is 4.68. The smallest absolute Gasteiger partial charge is 0.0366 e. The van der Waals surface area contributed by atoms with Crippen LogP contribution in [-0.2, 0) is 6.54 Å². The Kier molecular flexibility index (Phi) is 3.83. The van der Waals surface area contributed by atoms with E-state index in [-0.39, 0.29) is 0 Å². The van der Waals surface area contributed by atoms with Crippen molar-refractivity contribution in [1.82, 2.24) is 5.32 Å². The van der Waals surface area contributed by atoms with Crippen LogP contribution in [0.5, 0.6) is 0 Å². The Hall–Kier alpha value is -1.02. The normalized spacial score (nSPS) is 15.1. The Morgan fingerprint density at radius 1 is 1.25 bits per heavy atom. The summed E-state index contributed by atoms with van der Waals surface area (Å²) in [5, 5.41) is 3.18. The van der Waals surface area contributed by atoms with Crippen molar-refractivity contribution in [2.24, 2.45) is 5.92 Å². The third kappa shape index (κ3) is 2.99. The summed E-state index contributed by atoms with van der Waals surface area (Å²) in [4.78, 5) is 2.49. The van der Waals surface area contributed by atoms with Crippen LogP contribution in [0.2, 0.25) is 0 Å². The number of nitrogens with one attached hydrogen (secondary N) is 1. The van der Waals surface area contributed by atoms with E-state index in [1.165, 1.54) is 30.6 Å². The van der Waals surface area contributed by atoms with E-state index in [0.29, 0.717) is 0 Å². The van der Waals surface area contributed by atoms with Gasteiger partial charge in [0.2, 0.25) is 0 Å². The molecule has 2 rings (SSSR count). The van der Waals surface area contributed by atoms with Gasteiger partial charge in [-0.2, -0.15) is 0 Å². The van der Waals surface area contributed by atoms with Gasteiger partial charge in [-0.1, -0.05) is 12.1 Å². The van der Waals surface area contributed by atoms with Crippen LogP contribution in [0.3, 0.4) is 0 Å². The van der Waals surface area contributed by atoms with E-state index >= 15 is 0 Å². The number of benzene rings is 1. The number of nitrogens with zero attached hydrogens (tertiary/aromatic N) is 1. The van der Waals surface area contributed by atoms with Crippen LogP contribution in [0.25, 0.3) is 0 Å². The summed E-state index contributed by atoms with van der Waals surface area (Å²) in [5.74, 6) is 0.955. The molecule has 88 valence electrons. The highest BCUT2D eigenvalue weighted by Gasteiger charge is 2.23. The lowest BCUT2D eigenvalue weighted by Crippen LogP contribution is -2.25. The molecular formula is C14H22N2. The molecule has 1 aliphatic carbocycles. The Balaban J connectivity index is 1.99. The number of anilines is 1. The second-order valence-corrected chi connectivity index (χ2v) is 4.68. The fraction of sp³-hybridized carbons (Fsp3) is 0.571. The van der Waals surface area contributed by atoms with E-state index in [9.17, 15) is 0 Å². The van der Waals surface area contributed by atoms with Crippen LogP contribution in [0.4, 0.5) is 5.69 Å². The van der Waals surface area contributed by atoms with Crippen molar-refractivity contribution in [3.05, 3.63) is 29.8 Å². The number of rotatable bonds is 6. The summed E-state index contributed by atoms with van der Waals surface area (Å²) < 4.78 is 0. The van der Waals surface area contributed by atoms with Gasteiger partial charge < -0.3 is 10.2 Å². The molecule has 2 heteroatoms. The molecule has 0 amide bonds. The average Bonchev–Trinajstić information content (AvgIpc) is 3.11. The first kappa shape index (κ1) is 11.5. The maximum absolute atomic E-state index is 3.18. The van der Waals surface area contributed by atoms with E-state index in [1.54, 1.807) is 0 Å². The van der Waals surface area contributed by atoms with Crippen LogP contribution in [0.15, 0.2) is 24.3 Å². The summed E-state index contributed by atoms with van der Waals surface area (Å²) in [6, 6.07) is 8.94. The molecule has 1 N–H and O–H groups in total. The number of hydrogen-bond acceptors (Lipinski definition) is 2. The van der Waals surface area contributed by atoms with Gasteiger partial charge in [0.25, 0.3) is 0 Å². The van der Waals surface area contributed by atoms with Crippen molar-refractivity contribution in [1.29, 1.82) is 0 Å². The Morgan fingerprint density at radius 3 is 2.44 bits per heavy atom. The molecule has 0 saturated heterocycles. The summed E-state index contributed by atoms with van der Waals surface area (Å²) in [6.07, 6.45) is 2.85. The van der Waals surface area contributed by atoms with E-state index in [4.69, 9.17) is 0 Å². The Morgan fingerprint density at radius 2 is 1.94 bits per heavy atom. The minimum absolute atomic E-state index is 0.953. The molecule has 1 saturated carbocycles. The lowest BCUT2D eigenvalue weighted by molar-refractivity contribution is 0.741. The van der Waals surface area contributed by atoms with Gasteiger partial charge in [0.05, 0.1) is 0 Å². The van der Waals surface area contributed by atoms with E-state index in [1.807, 2.05) is 7.05 Å². The average molecular weight is 218 g/mol. The van der Waals surface area contributed by atoms with Crippen molar-refractivity contribution < 1.29 is 0 Å². The SMILES string of the molecule is CCN(CC1CC1)c1ccc(CNC)cc1. The molecule has 0 unspecified atom stereocenters. The predicted octanol–water partition coefficient (Wildman–Crippen LogP) is 2.64. The zero-order valence-corrected chi connectivity index (χ0v) is 10.4. The first-order valence-electron chi connectivity index (χ1n) is 6.32. The van der Waals surface area contributed by atoms with Crippen LogP contribution >= 0.6 is 0 Å². The maximum Gasteiger partial charge on any atom is 0.0366 e. The monoisotopic (exact) mass is 218 g/mol. The first-order chi connectivity index (χ1) is 7.83. The van der Waals surface area contributed by atoms with E-state index < -0.39 is 0 Å². The molecule has 0 spiro atoms. The molecule has 0 radical (unpaired) electrons. The Labute approximate surface area is 98.7 Å². The first-order valence-corrected chi connectivity index (χ1v) is 6.32. The minimum Gasteiger partial charge on any atom is -0.372 e. The molecule has 0 atom stereocenters. The van der Waals surface area contributed by atoms with Crippen molar-refractivity contribution in [2.45, 2.75) is 26.3 Å². The zero-order valence-electron chi connectivity index (χ0n) is 10.4. The van der Waals surface area contributed by atoms with Crippen LogP contribution in [0.1, 0.15) is 25.3 Å². The summed E-state index contributed by atoms with van der Waals surface area (Å²) in [5.41, 5.74) is 2.72. The third-order valence-corrected chi connectivity index (χ3v) is 3.24. The van der Waals surface area contributed by atoms with E-state index in [0.717, 1.165) is 19.0 Å². The molecule has 0 aliphatic heterocycles. The van der Waals surface area contributed by atoms with Gasteiger partial charge in [-0.05, 0) is 50.4 Å². The molecule has 1 fully saturated rings. The van der Waals surface area contributed by atoms with Gasteiger partial charge >= 0.3 is 0 Å². The standard InChI is InChI=1S/C14H22N2/c1-3-16(11-13-4-5-13)14-8-6-12(7-9-14)10-15-2/h6-9,13,15H,3-5,10-11H2,1-2H3. The minimum atomic E-state index is 0.953. The molecular weight excluding hydrogens is 196 g/mol. The van der Waals surface area contributed by atoms with E-state index in [2.05, 4.69) is 41.4 Å². The predicted molar refractivity (Wildman–Crippen MR) is 69.8 cm³/mol. The lowest BCUT2D eigenvalue weighted by atomic mass is 10.2. The van der Waals surface area contributed by atoms with Gasteiger partial charge in [-0.25, -0.2) is 0 Å². The highest BCUT2D eigenvalue weighted by molar-refractivity contribution is 5.47. The fourth-order valence-corrected chi connectivity index (χ4v) is 2.06. The van der Waals surface area contributed by atoms with Gasteiger partial charge in [0.15, 0.2) is 0 Å². The zero-order chi connectivity index (χ0) is 11.4. The van der Waals surface area contributed by atoms with Crippen molar-refractivity contribution in [2.75, 3.05) is 25.0 Å². The van der Waals surface area contributed by atoms with Crippen molar-refractivity contribution >= 4 is 5.69 Å². The van der Waals surface area contributed by atoms with Crippen LogP contribution in [-0.4, -0.2) is 20.1 Å². The molecule has 16 heavy (non-hydrogen) atoms. The molecule has 1 aromatic rings. The Bertz CT molecular complexity index is 314. The molecule has 0 heterocycles. The molecule has 0 aromatic heterocycles. The van der Waals surface area contributed by atoms with Gasteiger partial charge in [-0.3, -0.25) is 0 Å². The van der Waals surface area contributed by atoms with Gasteiger partial charge in [0, 0.05) is 25.3 Å². The van der Waals surface area contributed by atoms with Crippen molar-refractivity contribution in [3.63, 3.8) is 0 Å². The third-order valence-electron chi connectivity index (χ3n) is 3.24. The molecule has 0 bridgehead atoms. The summed E-state index contributed by atoms with van der Waals surface area (Å²) in [7, 11) is 1.99. The lowest BCUT2D eigenvalue weighted by Gasteiger charge is -2.23. The second kappa shape index (κ2) is 5.35. The topological polar surface area (TPSA) is 15.3 Å². The largest absolute Gasteiger partial charge is 0.372 e. The molecule has 2 nitrogen and oxygen atoms in total. The highest BCUT2D eigenvalue weighted by atomic mass is 15.1. The highest BCUT2D eigenvalue weighted by Crippen LogP contribution is 2.31. The summed E-state index contributed by atoms with van der Waals surface area (Å²) in [6.45, 7) is 5.54. The molecule has 1 aliphatic rings. The summed E-state index contributed by atoms with van der Waals surface area (Å²) >= 11 is 0. The fourth-order valence-electron chi connectivity index (χ4n) is 2.06. The van der Waals surface area contributed by atoms with Crippen molar-refractivity contribution in [3.8, 4) is 0 Å². The quantitative estimate of drug-likeness (QED) is 0.789. The van der Waals surface area contributed by atoms with Crippen LogP contribution < -0.4 is 10.2 Å². The van der Waals surface area contributed by atoms with Crippen LogP contribution in [0, 0.1) is 5.92 Å².